The fraction of sp³-hybridized carbons (Fsp3) is 0.615. The quantitative estimate of drug-likeness (QED) is 0.861. The van der Waals surface area contributed by atoms with Crippen LogP contribution in [0.3, 0.4) is 0 Å². The van der Waals surface area contributed by atoms with E-state index in [0.717, 1.165) is 25.4 Å². The van der Waals surface area contributed by atoms with Crippen LogP contribution in [0.1, 0.15) is 12.0 Å². The molecule has 1 aromatic heterocycles. The summed E-state index contributed by atoms with van der Waals surface area (Å²) in [6.45, 7) is 2.96. The second-order valence-electron chi connectivity index (χ2n) is 5.38. The van der Waals surface area contributed by atoms with E-state index in [1.165, 1.54) is 0 Å². The Hall–Kier alpha value is -1.90. The predicted molar refractivity (Wildman–Crippen MR) is 72.2 cm³/mol. The number of piperazine rings is 1. The molecule has 6 nitrogen and oxygen atoms in total. The summed E-state index contributed by atoms with van der Waals surface area (Å²) >= 11 is 0. The highest BCUT2D eigenvalue weighted by atomic mass is 19.4. The molecular formula is C13H16F3N5O. The minimum Gasteiger partial charge on any atom is -0.338 e. The smallest absolute Gasteiger partial charge is 0.338 e. The van der Waals surface area contributed by atoms with Crippen LogP contribution in [0.2, 0.25) is 0 Å². The van der Waals surface area contributed by atoms with Gasteiger partial charge in [0.15, 0.2) is 0 Å². The Morgan fingerprint density at radius 1 is 1.18 bits per heavy atom. The molecule has 22 heavy (non-hydrogen) atoms. The van der Waals surface area contributed by atoms with Crippen LogP contribution in [0.4, 0.5) is 19.1 Å². The third-order valence-corrected chi connectivity index (χ3v) is 3.96. The van der Waals surface area contributed by atoms with Gasteiger partial charge in [0.2, 0.25) is 11.9 Å². The molecule has 0 radical (unpaired) electrons. The molecular weight excluding hydrogens is 299 g/mol. The predicted octanol–water partition coefficient (Wildman–Crippen LogP) is 0.506. The number of nitrogens with one attached hydrogen (secondary N) is 1. The van der Waals surface area contributed by atoms with Crippen molar-refractivity contribution in [3.8, 4) is 0 Å². The molecule has 0 unspecified atom stereocenters. The van der Waals surface area contributed by atoms with Crippen LogP contribution in [0.15, 0.2) is 12.4 Å². The minimum absolute atomic E-state index is 0.0751. The van der Waals surface area contributed by atoms with Crippen LogP contribution in [0.25, 0.3) is 0 Å². The zero-order valence-corrected chi connectivity index (χ0v) is 11.8. The third kappa shape index (κ3) is 2.99. The third-order valence-electron chi connectivity index (χ3n) is 3.96. The lowest BCUT2D eigenvalue weighted by Crippen LogP contribution is -2.58. The summed E-state index contributed by atoms with van der Waals surface area (Å²) in [5.41, 5.74) is -0.860. The first-order chi connectivity index (χ1) is 10.4. The maximum absolute atomic E-state index is 12.5. The number of hydrogen-bond donors (Lipinski definition) is 1. The summed E-state index contributed by atoms with van der Waals surface area (Å²) < 4.78 is 37.4. The summed E-state index contributed by atoms with van der Waals surface area (Å²) in [6.07, 6.45) is -1.99. The van der Waals surface area contributed by atoms with Crippen LogP contribution in [0, 0.1) is 0 Å². The maximum Gasteiger partial charge on any atom is 0.419 e. The largest absolute Gasteiger partial charge is 0.419 e. The van der Waals surface area contributed by atoms with E-state index in [9.17, 15) is 18.0 Å². The first-order valence-electron chi connectivity index (χ1n) is 7.11. The van der Waals surface area contributed by atoms with Gasteiger partial charge in [-0.15, -0.1) is 0 Å². The normalized spacial score (nSPS) is 22.4. The van der Waals surface area contributed by atoms with E-state index >= 15 is 0 Å². The van der Waals surface area contributed by atoms with Crippen LogP contribution >= 0.6 is 0 Å². The number of hydrogen-bond acceptors (Lipinski definition) is 5. The summed E-state index contributed by atoms with van der Waals surface area (Å²) in [5.74, 6) is 0.362. The fourth-order valence-corrected chi connectivity index (χ4v) is 2.48. The van der Waals surface area contributed by atoms with Crippen molar-refractivity contribution in [3.05, 3.63) is 18.0 Å². The highest BCUT2D eigenvalue weighted by Gasteiger charge is 2.33. The van der Waals surface area contributed by atoms with Crippen molar-refractivity contribution in [2.75, 3.05) is 37.6 Å². The summed E-state index contributed by atoms with van der Waals surface area (Å²) in [7, 11) is 0. The molecule has 2 aliphatic rings. The molecule has 2 fully saturated rings. The van der Waals surface area contributed by atoms with Gasteiger partial charge in [0.1, 0.15) is 0 Å². The molecule has 0 aromatic carbocycles. The van der Waals surface area contributed by atoms with Crippen molar-refractivity contribution in [3.63, 3.8) is 0 Å². The Morgan fingerprint density at radius 3 is 2.23 bits per heavy atom. The van der Waals surface area contributed by atoms with Gasteiger partial charge in [-0.2, -0.15) is 13.2 Å². The Kier molecular flexibility index (Phi) is 3.90. The van der Waals surface area contributed by atoms with E-state index in [2.05, 4.69) is 15.3 Å². The molecule has 0 spiro atoms. The van der Waals surface area contributed by atoms with Crippen molar-refractivity contribution in [1.29, 1.82) is 0 Å². The van der Waals surface area contributed by atoms with Crippen molar-refractivity contribution in [1.82, 2.24) is 20.2 Å². The number of rotatable bonds is 2. The number of nitrogens with zero attached hydrogens (tertiary/aromatic N) is 4. The van der Waals surface area contributed by atoms with Crippen LogP contribution < -0.4 is 10.2 Å². The van der Waals surface area contributed by atoms with E-state index in [0.29, 0.717) is 26.2 Å². The van der Waals surface area contributed by atoms with Gasteiger partial charge in [-0.3, -0.25) is 4.79 Å². The van der Waals surface area contributed by atoms with E-state index in [4.69, 9.17) is 0 Å². The number of alkyl halides is 3. The molecule has 1 amide bonds. The van der Waals surface area contributed by atoms with E-state index < -0.39 is 11.7 Å². The zero-order valence-electron chi connectivity index (χ0n) is 11.8. The monoisotopic (exact) mass is 315 g/mol. The number of carbonyl (C=O) groups excluding carboxylic acids is 1. The van der Waals surface area contributed by atoms with Crippen LogP contribution in [-0.4, -0.2) is 59.5 Å². The lowest BCUT2D eigenvalue weighted by atomic mass is 10.1. The van der Waals surface area contributed by atoms with Gasteiger partial charge in [0.05, 0.1) is 11.6 Å². The van der Waals surface area contributed by atoms with Crippen LogP contribution in [-0.2, 0) is 11.0 Å². The Bertz CT molecular complexity index is 536. The summed E-state index contributed by atoms with van der Waals surface area (Å²) in [6, 6.07) is -0.0751. The van der Waals surface area contributed by atoms with E-state index in [1.54, 1.807) is 9.80 Å². The minimum atomic E-state index is -4.43. The summed E-state index contributed by atoms with van der Waals surface area (Å²) in [4.78, 5) is 23.2. The topological polar surface area (TPSA) is 61.4 Å². The molecule has 3 heterocycles. The SMILES string of the molecule is O=C([C@@H]1CCN1)N1CCN(c2ncc(C(F)(F)F)cn2)CC1. The van der Waals surface area contributed by atoms with Crippen LogP contribution in [0.5, 0.6) is 0 Å². The van der Waals surface area contributed by atoms with Crippen molar-refractivity contribution < 1.29 is 18.0 Å². The maximum atomic E-state index is 12.5. The van der Waals surface area contributed by atoms with Gasteiger partial charge in [0.25, 0.3) is 0 Å². The second-order valence-corrected chi connectivity index (χ2v) is 5.38. The number of halogens is 3. The highest BCUT2D eigenvalue weighted by molar-refractivity contribution is 5.83. The molecule has 1 atom stereocenters. The highest BCUT2D eigenvalue weighted by Crippen LogP contribution is 2.28. The number of anilines is 1. The molecule has 1 aromatic rings. The molecule has 1 N–H and O–H groups in total. The van der Waals surface area contributed by atoms with Crippen molar-refractivity contribution in [2.45, 2.75) is 18.6 Å². The molecule has 2 saturated heterocycles. The first kappa shape index (κ1) is 15.0. The summed E-state index contributed by atoms with van der Waals surface area (Å²) in [5, 5.41) is 3.07. The van der Waals surface area contributed by atoms with Gasteiger partial charge >= 0.3 is 6.18 Å². The molecule has 0 bridgehead atoms. The van der Waals surface area contributed by atoms with Gasteiger partial charge in [-0.1, -0.05) is 0 Å². The molecule has 3 rings (SSSR count). The fourth-order valence-electron chi connectivity index (χ4n) is 2.48. The van der Waals surface area contributed by atoms with Crippen molar-refractivity contribution in [2.24, 2.45) is 0 Å². The number of carbonyl (C=O) groups is 1. The zero-order chi connectivity index (χ0) is 15.7. The van der Waals surface area contributed by atoms with Gasteiger partial charge in [-0.05, 0) is 13.0 Å². The molecule has 0 aliphatic carbocycles. The average Bonchev–Trinajstić information content (AvgIpc) is 2.45. The molecule has 0 saturated carbocycles. The lowest BCUT2D eigenvalue weighted by molar-refractivity contribution is -0.138. The molecule has 2 aliphatic heterocycles. The average molecular weight is 315 g/mol. The molecule has 9 heteroatoms. The number of amides is 1. The van der Waals surface area contributed by atoms with E-state index in [-0.39, 0.29) is 17.9 Å². The van der Waals surface area contributed by atoms with Gasteiger partial charge < -0.3 is 15.1 Å². The lowest BCUT2D eigenvalue weighted by Gasteiger charge is -2.38. The Balaban J connectivity index is 1.58. The standard InChI is InChI=1S/C13H16F3N5O/c14-13(15,16)9-7-18-12(19-8-9)21-5-3-20(4-6-21)11(22)10-1-2-17-10/h7-8,10,17H,1-6H2/t10-/m0/s1. The first-order valence-corrected chi connectivity index (χ1v) is 7.11. The van der Waals surface area contributed by atoms with Gasteiger partial charge in [-0.25, -0.2) is 9.97 Å². The van der Waals surface area contributed by atoms with Crippen molar-refractivity contribution >= 4 is 11.9 Å². The molecule has 120 valence electrons. The van der Waals surface area contributed by atoms with E-state index in [1.807, 2.05) is 0 Å². The number of aromatic nitrogens is 2. The Labute approximate surface area is 125 Å². The van der Waals surface area contributed by atoms with Gasteiger partial charge in [0, 0.05) is 38.6 Å². The Morgan fingerprint density at radius 2 is 1.77 bits per heavy atom. The second kappa shape index (κ2) is 5.71.